The first-order valence-electron chi connectivity index (χ1n) is 8.88. The highest BCUT2D eigenvalue weighted by molar-refractivity contribution is 7.92. The molecular weight excluding hydrogens is 432 g/mol. The second-order valence-corrected chi connectivity index (χ2v) is 8.65. The summed E-state index contributed by atoms with van der Waals surface area (Å²) in [7, 11) is -3.82. The zero-order valence-corrected chi connectivity index (χ0v) is 18.2. The van der Waals surface area contributed by atoms with Crippen molar-refractivity contribution in [2.24, 2.45) is 0 Å². The third-order valence-corrected chi connectivity index (χ3v) is 5.44. The Hall–Kier alpha value is -2.91. The van der Waals surface area contributed by atoms with Crippen molar-refractivity contribution in [1.29, 1.82) is 0 Å². The van der Waals surface area contributed by atoms with E-state index in [4.69, 9.17) is 16.3 Å². The Kier molecular flexibility index (Phi) is 7.58. The van der Waals surface area contributed by atoms with E-state index in [1.807, 2.05) is 0 Å². The predicted octanol–water partition coefficient (Wildman–Crippen LogP) is 3.12. The molecule has 0 spiro atoms. The molecule has 160 valence electrons. The molecule has 2 aromatic rings. The summed E-state index contributed by atoms with van der Waals surface area (Å²) >= 11 is 6.00. The highest BCUT2D eigenvalue weighted by Gasteiger charge is 2.22. The van der Waals surface area contributed by atoms with Crippen LogP contribution in [0.5, 0.6) is 0 Å². The molecule has 0 saturated carbocycles. The number of nitrogens with zero attached hydrogens (tertiary/aromatic N) is 1. The fourth-order valence-electron chi connectivity index (χ4n) is 2.58. The second kappa shape index (κ2) is 9.73. The number of sulfonamides is 1. The van der Waals surface area contributed by atoms with Crippen LogP contribution in [-0.4, -0.2) is 45.5 Å². The Labute approximate surface area is 179 Å². The van der Waals surface area contributed by atoms with Gasteiger partial charge in [0.15, 0.2) is 5.78 Å². The van der Waals surface area contributed by atoms with Gasteiger partial charge >= 0.3 is 5.97 Å². The average molecular weight is 453 g/mol. The molecule has 1 amide bonds. The van der Waals surface area contributed by atoms with Gasteiger partial charge in [0, 0.05) is 11.3 Å². The summed E-state index contributed by atoms with van der Waals surface area (Å²) < 4.78 is 30.3. The summed E-state index contributed by atoms with van der Waals surface area (Å²) in [4.78, 5) is 36.1. The van der Waals surface area contributed by atoms with E-state index >= 15 is 0 Å². The van der Waals surface area contributed by atoms with Crippen LogP contribution in [0.4, 0.5) is 11.4 Å². The normalized spacial score (nSPS) is 10.9. The maximum atomic E-state index is 12.5. The molecule has 2 rings (SSSR count). The number of esters is 1. The van der Waals surface area contributed by atoms with E-state index < -0.39 is 28.4 Å². The number of ether oxygens (including phenoxy) is 1. The predicted molar refractivity (Wildman–Crippen MR) is 115 cm³/mol. The average Bonchev–Trinajstić information content (AvgIpc) is 2.67. The summed E-state index contributed by atoms with van der Waals surface area (Å²) in [5, 5.41) is 2.70. The van der Waals surface area contributed by atoms with Crippen LogP contribution >= 0.6 is 11.6 Å². The lowest BCUT2D eigenvalue weighted by atomic mass is 10.1. The van der Waals surface area contributed by atoms with E-state index in [2.05, 4.69) is 5.32 Å². The van der Waals surface area contributed by atoms with E-state index in [-0.39, 0.29) is 34.4 Å². The van der Waals surface area contributed by atoms with Crippen molar-refractivity contribution in [3.8, 4) is 0 Å². The monoisotopic (exact) mass is 452 g/mol. The van der Waals surface area contributed by atoms with E-state index in [1.165, 1.54) is 43.3 Å². The minimum absolute atomic E-state index is 0.0745. The Bertz CT molecular complexity index is 1080. The molecule has 0 saturated heterocycles. The molecule has 8 nitrogen and oxygen atoms in total. The minimum Gasteiger partial charge on any atom is -0.462 e. The first kappa shape index (κ1) is 23.4. The molecule has 0 aliphatic carbocycles. The van der Waals surface area contributed by atoms with Gasteiger partial charge in [0.1, 0.15) is 6.54 Å². The molecule has 0 radical (unpaired) electrons. The van der Waals surface area contributed by atoms with Gasteiger partial charge in [0.05, 0.1) is 29.1 Å². The van der Waals surface area contributed by atoms with Crippen molar-refractivity contribution in [2.45, 2.75) is 13.8 Å². The quantitative estimate of drug-likeness (QED) is 0.486. The molecule has 0 aromatic heterocycles. The summed E-state index contributed by atoms with van der Waals surface area (Å²) in [5.41, 5.74) is 0.825. The third kappa shape index (κ3) is 6.04. The van der Waals surface area contributed by atoms with Gasteiger partial charge in [0.25, 0.3) is 0 Å². The third-order valence-electron chi connectivity index (χ3n) is 3.97. The standard InChI is InChI=1S/C20H21ClN2O6S/c1-4-29-20(26)17-11-15(8-9-18(17)21)22-19(25)12-23(30(3,27)28)16-7-5-6-14(10-16)13(2)24/h5-11H,4,12H2,1-3H3,(H,22,25). The number of hydrogen-bond acceptors (Lipinski definition) is 6. The highest BCUT2D eigenvalue weighted by Crippen LogP contribution is 2.23. The lowest BCUT2D eigenvalue weighted by Gasteiger charge is -2.22. The van der Waals surface area contributed by atoms with Crippen molar-refractivity contribution in [1.82, 2.24) is 0 Å². The molecule has 1 N–H and O–H groups in total. The van der Waals surface area contributed by atoms with Crippen LogP contribution in [0.3, 0.4) is 0 Å². The Balaban J connectivity index is 2.26. The number of amides is 1. The van der Waals surface area contributed by atoms with Crippen LogP contribution in [0, 0.1) is 0 Å². The van der Waals surface area contributed by atoms with Crippen LogP contribution in [0.15, 0.2) is 42.5 Å². The number of carbonyl (C=O) groups excluding carboxylic acids is 3. The van der Waals surface area contributed by atoms with E-state index in [0.29, 0.717) is 5.56 Å². The van der Waals surface area contributed by atoms with Crippen molar-refractivity contribution in [3.05, 3.63) is 58.6 Å². The van der Waals surface area contributed by atoms with Crippen molar-refractivity contribution in [2.75, 3.05) is 29.0 Å². The largest absolute Gasteiger partial charge is 0.462 e. The fourth-order valence-corrected chi connectivity index (χ4v) is 3.62. The van der Waals surface area contributed by atoms with Crippen LogP contribution in [-0.2, 0) is 19.6 Å². The molecule has 0 aliphatic heterocycles. The molecule has 0 bridgehead atoms. The minimum atomic E-state index is -3.82. The first-order valence-corrected chi connectivity index (χ1v) is 11.1. The maximum absolute atomic E-state index is 12.5. The van der Waals surface area contributed by atoms with Gasteiger partial charge in [-0.2, -0.15) is 0 Å². The number of ketones is 1. The van der Waals surface area contributed by atoms with Crippen LogP contribution in [0.25, 0.3) is 0 Å². The van der Waals surface area contributed by atoms with E-state index in [9.17, 15) is 22.8 Å². The SMILES string of the molecule is CCOC(=O)c1cc(NC(=O)CN(c2cccc(C(C)=O)c2)S(C)(=O)=O)ccc1Cl. The van der Waals surface area contributed by atoms with E-state index in [0.717, 1.165) is 10.6 Å². The molecule has 0 unspecified atom stereocenters. The van der Waals surface area contributed by atoms with Gasteiger partial charge in [-0.15, -0.1) is 0 Å². The zero-order chi connectivity index (χ0) is 22.5. The number of halogens is 1. The topological polar surface area (TPSA) is 110 Å². The summed E-state index contributed by atoms with van der Waals surface area (Å²) in [5.74, 6) is -1.52. The molecule has 0 aliphatic rings. The Morgan fingerprint density at radius 1 is 1.13 bits per heavy atom. The summed E-state index contributed by atoms with van der Waals surface area (Å²) in [6, 6.07) is 10.2. The summed E-state index contributed by atoms with van der Waals surface area (Å²) in [6.45, 7) is 2.64. The van der Waals surface area contributed by atoms with Crippen molar-refractivity contribution in [3.63, 3.8) is 0 Å². The first-order chi connectivity index (χ1) is 14.0. The molecule has 30 heavy (non-hydrogen) atoms. The van der Waals surface area contributed by atoms with Gasteiger partial charge in [-0.05, 0) is 44.2 Å². The molecule has 0 fully saturated rings. The highest BCUT2D eigenvalue weighted by atomic mass is 35.5. The zero-order valence-electron chi connectivity index (χ0n) is 16.6. The van der Waals surface area contributed by atoms with Crippen molar-refractivity contribution < 1.29 is 27.5 Å². The number of nitrogens with one attached hydrogen (secondary N) is 1. The smallest absolute Gasteiger partial charge is 0.339 e. The van der Waals surface area contributed by atoms with Gasteiger partial charge in [-0.25, -0.2) is 13.2 Å². The van der Waals surface area contributed by atoms with Gasteiger partial charge in [0.2, 0.25) is 15.9 Å². The molecule has 10 heteroatoms. The lowest BCUT2D eigenvalue weighted by molar-refractivity contribution is -0.114. The van der Waals surface area contributed by atoms with Crippen LogP contribution in [0.1, 0.15) is 34.6 Å². The number of rotatable bonds is 8. The molecular formula is C20H21ClN2O6S. The second-order valence-electron chi connectivity index (χ2n) is 6.34. The number of hydrogen-bond donors (Lipinski definition) is 1. The van der Waals surface area contributed by atoms with E-state index in [1.54, 1.807) is 13.0 Å². The number of benzene rings is 2. The maximum Gasteiger partial charge on any atom is 0.339 e. The molecule has 0 heterocycles. The Morgan fingerprint density at radius 2 is 1.83 bits per heavy atom. The van der Waals surface area contributed by atoms with Gasteiger partial charge in [-0.3, -0.25) is 13.9 Å². The van der Waals surface area contributed by atoms with Crippen molar-refractivity contribution >= 4 is 50.7 Å². The van der Waals surface area contributed by atoms with Gasteiger partial charge in [-0.1, -0.05) is 23.7 Å². The van der Waals surface area contributed by atoms with Crippen LogP contribution in [0.2, 0.25) is 5.02 Å². The van der Waals surface area contributed by atoms with Crippen LogP contribution < -0.4 is 9.62 Å². The Morgan fingerprint density at radius 3 is 2.43 bits per heavy atom. The number of carbonyl (C=O) groups is 3. The summed E-state index contributed by atoms with van der Waals surface area (Å²) in [6.07, 6.45) is 0.960. The fraction of sp³-hybridized carbons (Fsp3) is 0.250. The van der Waals surface area contributed by atoms with Gasteiger partial charge < -0.3 is 10.1 Å². The number of Topliss-reactive ketones (excluding diaryl/α,β-unsaturated/α-hetero) is 1. The molecule has 2 aromatic carbocycles. The number of anilines is 2. The lowest BCUT2D eigenvalue weighted by Crippen LogP contribution is -2.37. The molecule has 0 atom stereocenters.